The molecule has 0 saturated heterocycles. The fraction of sp³-hybridized carbons (Fsp3) is 1.00. The van der Waals surface area contributed by atoms with Crippen molar-refractivity contribution in [3.63, 3.8) is 0 Å². The molecule has 0 radical (unpaired) electrons. The molecule has 96 valence electrons. The smallest absolute Gasteiger partial charge is 0.00721 e. The highest BCUT2D eigenvalue weighted by atomic mass is 14.9. The summed E-state index contributed by atoms with van der Waals surface area (Å²) in [6.45, 7) is 8.36. The van der Waals surface area contributed by atoms with E-state index in [1.165, 1.54) is 64.3 Å². The maximum atomic E-state index is 3.75. The third-order valence-electron chi connectivity index (χ3n) is 3.92. The minimum Gasteiger partial charge on any atom is -0.314 e. The van der Waals surface area contributed by atoms with E-state index in [4.69, 9.17) is 0 Å². The first-order chi connectivity index (χ1) is 7.64. The third-order valence-corrected chi connectivity index (χ3v) is 3.92. The fourth-order valence-electron chi connectivity index (χ4n) is 2.91. The molecule has 1 atom stereocenters. The van der Waals surface area contributed by atoms with Gasteiger partial charge in [-0.15, -0.1) is 0 Å². The van der Waals surface area contributed by atoms with Crippen LogP contribution in [0.1, 0.15) is 78.6 Å². The first-order valence-electron chi connectivity index (χ1n) is 7.37. The van der Waals surface area contributed by atoms with Crippen LogP contribution in [0, 0.1) is 5.41 Å². The van der Waals surface area contributed by atoms with Crippen LogP contribution >= 0.6 is 0 Å². The molecular weight excluding hydrogens is 194 g/mol. The second-order valence-corrected chi connectivity index (χ2v) is 6.33. The van der Waals surface area contributed by atoms with Crippen LogP contribution in [0.3, 0.4) is 0 Å². The van der Waals surface area contributed by atoms with Gasteiger partial charge < -0.3 is 5.32 Å². The predicted octanol–water partition coefficient (Wildman–Crippen LogP) is 4.52. The number of rotatable bonds is 7. The summed E-state index contributed by atoms with van der Waals surface area (Å²) in [5, 5.41) is 3.75. The fourth-order valence-corrected chi connectivity index (χ4v) is 2.91. The Balaban J connectivity index is 2.00. The Morgan fingerprint density at radius 3 is 2.56 bits per heavy atom. The molecule has 0 aromatic rings. The van der Waals surface area contributed by atoms with Crippen LogP contribution in [0.2, 0.25) is 0 Å². The highest BCUT2D eigenvalue weighted by Gasteiger charge is 2.27. The van der Waals surface area contributed by atoms with E-state index >= 15 is 0 Å². The largest absolute Gasteiger partial charge is 0.314 e. The lowest BCUT2D eigenvalue weighted by Crippen LogP contribution is -2.37. The van der Waals surface area contributed by atoms with Gasteiger partial charge in [-0.05, 0) is 37.6 Å². The van der Waals surface area contributed by atoms with Crippen LogP contribution in [0.25, 0.3) is 0 Å². The van der Waals surface area contributed by atoms with Crippen LogP contribution in [0.15, 0.2) is 0 Å². The maximum Gasteiger partial charge on any atom is 0.00721 e. The van der Waals surface area contributed by atoms with Gasteiger partial charge >= 0.3 is 0 Å². The van der Waals surface area contributed by atoms with Gasteiger partial charge in [0.2, 0.25) is 0 Å². The Kier molecular flexibility index (Phi) is 6.41. The molecule has 1 heteroatoms. The lowest BCUT2D eigenvalue weighted by molar-refractivity contribution is 0.198. The molecule has 0 bridgehead atoms. The number of hydrogen-bond acceptors (Lipinski definition) is 1. The topological polar surface area (TPSA) is 12.0 Å². The minimum atomic E-state index is 0.581. The van der Waals surface area contributed by atoms with Crippen molar-refractivity contribution < 1.29 is 0 Å². The molecule has 0 amide bonds. The van der Waals surface area contributed by atoms with Crippen LogP contribution in [-0.2, 0) is 0 Å². The lowest BCUT2D eigenvalue weighted by atomic mass is 9.75. The average Bonchev–Trinajstić information content (AvgIpc) is 2.22. The molecule has 1 unspecified atom stereocenters. The summed E-state index contributed by atoms with van der Waals surface area (Å²) in [5.41, 5.74) is 0.581. The first kappa shape index (κ1) is 14.0. The molecule has 1 nitrogen and oxygen atoms in total. The lowest BCUT2D eigenvalue weighted by Gasteiger charge is -2.35. The van der Waals surface area contributed by atoms with Crippen molar-refractivity contribution in [3.8, 4) is 0 Å². The van der Waals surface area contributed by atoms with Gasteiger partial charge in [-0.2, -0.15) is 0 Å². The van der Waals surface area contributed by atoms with Gasteiger partial charge in [0, 0.05) is 6.04 Å². The molecule has 0 aliphatic heterocycles. The number of nitrogens with one attached hydrogen (secondary N) is 1. The van der Waals surface area contributed by atoms with E-state index < -0.39 is 0 Å². The summed E-state index contributed by atoms with van der Waals surface area (Å²) in [5.74, 6) is 0. The standard InChI is InChI=1S/C15H31N/c1-4-5-6-7-8-12-16-14-10-9-11-15(2,3)13-14/h14,16H,4-13H2,1-3H3. The summed E-state index contributed by atoms with van der Waals surface area (Å²) in [4.78, 5) is 0. The van der Waals surface area contributed by atoms with Crippen LogP contribution in [0.4, 0.5) is 0 Å². The van der Waals surface area contributed by atoms with Crippen molar-refractivity contribution >= 4 is 0 Å². The zero-order valence-electron chi connectivity index (χ0n) is 11.6. The van der Waals surface area contributed by atoms with Gasteiger partial charge in [0.15, 0.2) is 0 Å². The highest BCUT2D eigenvalue weighted by Crippen LogP contribution is 2.34. The first-order valence-corrected chi connectivity index (χ1v) is 7.37. The van der Waals surface area contributed by atoms with Gasteiger partial charge in [0.05, 0.1) is 0 Å². The van der Waals surface area contributed by atoms with E-state index in [1.807, 2.05) is 0 Å². The monoisotopic (exact) mass is 225 g/mol. The Hall–Kier alpha value is -0.0400. The Morgan fingerprint density at radius 2 is 1.88 bits per heavy atom. The summed E-state index contributed by atoms with van der Waals surface area (Å²) in [6.07, 6.45) is 12.6. The van der Waals surface area contributed by atoms with E-state index in [-0.39, 0.29) is 0 Å². The molecule has 1 aliphatic rings. The summed E-state index contributed by atoms with van der Waals surface area (Å²) >= 11 is 0. The zero-order valence-corrected chi connectivity index (χ0v) is 11.6. The Bertz CT molecular complexity index is 174. The minimum absolute atomic E-state index is 0.581. The third kappa shape index (κ3) is 5.89. The Labute approximate surface area is 102 Å². The number of hydrogen-bond donors (Lipinski definition) is 1. The molecule has 1 aliphatic carbocycles. The second-order valence-electron chi connectivity index (χ2n) is 6.33. The quantitative estimate of drug-likeness (QED) is 0.628. The second kappa shape index (κ2) is 7.32. The van der Waals surface area contributed by atoms with Crippen molar-refractivity contribution in [1.82, 2.24) is 5.32 Å². The van der Waals surface area contributed by atoms with Crippen LogP contribution < -0.4 is 5.32 Å². The molecule has 1 N–H and O–H groups in total. The molecule has 1 rings (SSSR count). The van der Waals surface area contributed by atoms with Crippen molar-refractivity contribution in [3.05, 3.63) is 0 Å². The molecule has 0 heterocycles. The molecule has 0 spiro atoms. The summed E-state index contributed by atoms with van der Waals surface area (Å²) < 4.78 is 0. The molecule has 16 heavy (non-hydrogen) atoms. The van der Waals surface area contributed by atoms with E-state index in [1.54, 1.807) is 0 Å². The summed E-state index contributed by atoms with van der Waals surface area (Å²) in [7, 11) is 0. The van der Waals surface area contributed by atoms with Crippen molar-refractivity contribution in [2.24, 2.45) is 5.41 Å². The van der Waals surface area contributed by atoms with E-state index in [9.17, 15) is 0 Å². The van der Waals surface area contributed by atoms with Crippen molar-refractivity contribution in [2.45, 2.75) is 84.6 Å². The molecule has 0 aromatic heterocycles. The van der Waals surface area contributed by atoms with Crippen LogP contribution in [-0.4, -0.2) is 12.6 Å². The maximum absolute atomic E-state index is 3.75. The highest BCUT2D eigenvalue weighted by molar-refractivity contribution is 4.83. The SMILES string of the molecule is CCCCCCCNC1CCCC(C)(C)C1. The van der Waals surface area contributed by atoms with E-state index in [0.717, 1.165) is 6.04 Å². The van der Waals surface area contributed by atoms with Gasteiger partial charge in [0.1, 0.15) is 0 Å². The van der Waals surface area contributed by atoms with Crippen molar-refractivity contribution in [2.75, 3.05) is 6.54 Å². The Morgan fingerprint density at radius 1 is 1.12 bits per heavy atom. The molecule has 1 saturated carbocycles. The van der Waals surface area contributed by atoms with E-state index in [2.05, 4.69) is 26.1 Å². The normalized spacial score (nSPS) is 24.6. The number of unbranched alkanes of at least 4 members (excludes halogenated alkanes) is 4. The van der Waals surface area contributed by atoms with Gasteiger partial charge in [-0.25, -0.2) is 0 Å². The van der Waals surface area contributed by atoms with Gasteiger partial charge in [-0.3, -0.25) is 0 Å². The van der Waals surface area contributed by atoms with Gasteiger partial charge in [0.25, 0.3) is 0 Å². The average molecular weight is 225 g/mol. The summed E-state index contributed by atoms with van der Waals surface area (Å²) in [6, 6.07) is 0.801. The molecular formula is C15H31N. The molecule has 0 aromatic carbocycles. The zero-order chi connectivity index (χ0) is 11.9. The van der Waals surface area contributed by atoms with Crippen molar-refractivity contribution in [1.29, 1.82) is 0 Å². The van der Waals surface area contributed by atoms with Gasteiger partial charge in [-0.1, -0.05) is 52.9 Å². The van der Waals surface area contributed by atoms with E-state index in [0.29, 0.717) is 5.41 Å². The molecule has 1 fully saturated rings. The predicted molar refractivity (Wildman–Crippen MR) is 72.8 cm³/mol. The van der Waals surface area contributed by atoms with Crippen LogP contribution in [0.5, 0.6) is 0 Å².